The number of halogens is 2. The first-order chi connectivity index (χ1) is 8.77. The molecule has 2 nitrogen and oxygen atoms in total. The highest BCUT2D eigenvalue weighted by Gasteiger charge is 2.15. The minimum absolute atomic E-state index is 0.147. The van der Waals surface area contributed by atoms with Gasteiger partial charge in [-0.05, 0) is 25.1 Å². The van der Waals surface area contributed by atoms with Crippen LogP contribution in [-0.4, -0.2) is 11.5 Å². The largest absolute Gasteiger partial charge is 0.324 e. The molecule has 0 amide bonds. The van der Waals surface area contributed by atoms with E-state index in [1.165, 1.54) is 0 Å². The maximum absolute atomic E-state index is 14.2. The molecule has 0 fully saturated rings. The summed E-state index contributed by atoms with van der Waals surface area (Å²) in [5.74, 6) is 0.119. The molecule has 1 aromatic carbocycles. The van der Waals surface area contributed by atoms with Gasteiger partial charge in [-0.1, -0.05) is 18.2 Å². The van der Waals surface area contributed by atoms with Crippen LogP contribution in [0.15, 0.2) is 42.6 Å². The van der Waals surface area contributed by atoms with E-state index in [1.54, 1.807) is 12.3 Å². The zero-order chi connectivity index (χ0) is 13.0. The number of para-hydroxylation sites is 1. The summed E-state index contributed by atoms with van der Waals surface area (Å²) in [4.78, 5) is 5.95. The smallest absolute Gasteiger partial charge is 0.170 e. The van der Waals surface area contributed by atoms with Crippen molar-refractivity contribution in [3.63, 3.8) is 0 Å². The molecule has 0 aliphatic heterocycles. The molecule has 4 heteroatoms. The van der Waals surface area contributed by atoms with Gasteiger partial charge >= 0.3 is 0 Å². The molecule has 0 N–H and O–H groups in total. The van der Waals surface area contributed by atoms with Gasteiger partial charge in [0.15, 0.2) is 11.6 Å². The maximum atomic E-state index is 14.2. The van der Waals surface area contributed by atoms with Crippen molar-refractivity contribution in [1.82, 2.24) is 4.98 Å². The summed E-state index contributed by atoms with van der Waals surface area (Å²) in [6.07, 6.45) is 1.59. The molecule has 1 aromatic heterocycles. The van der Waals surface area contributed by atoms with Crippen LogP contribution >= 0.6 is 11.6 Å². The molecule has 0 unspecified atom stereocenters. The Bertz CT molecular complexity index is 516. The van der Waals surface area contributed by atoms with Crippen molar-refractivity contribution in [2.75, 3.05) is 11.4 Å². The Morgan fingerprint density at radius 1 is 1.22 bits per heavy atom. The number of anilines is 2. The lowest BCUT2D eigenvalue weighted by Crippen LogP contribution is -2.19. The van der Waals surface area contributed by atoms with Gasteiger partial charge in [0.2, 0.25) is 0 Å². The summed E-state index contributed by atoms with van der Waals surface area (Å²) in [5.41, 5.74) is 1.38. The highest BCUT2D eigenvalue weighted by atomic mass is 35.5. The van der Waals surface area contributed by atoms with Gasteiger partial charge in [0.25, 0.3) is 0 Å². The molecule has 0 spiro atoms. The van der Waals surface area contributed by atoms with E-state index in [4.69, 9.17) is 11.6 Å². The van der Waals surface area contributed by atoms with E-state index in [0.717, 1.165) is 5.69 Å². The highest BCUT2D eigenvalue weighted by molar-refractivity contribution is 6.17. The number of aromatic nitrogens is 1. The van der Waals surface area contributed by atoms with E-state index in [2.05, 4.69) is 4.98 Å². The Morgan fingerprint density at radius 2 is 1.94 bits per heavy atom. The summed E-state index contributed by atoms with van der Waals surface area (Å²) in [6.45, 7) is 2.60. The third kappa shape index (κ3) is 2.46. The second-order valence-corrected chi connectivity index (χ2v) is 4.09. The van der Waals surface area contributed by atoms with Crippen molar-refractivity contribution in [2.24, 2.45) is 0 Å². The van der Waals surface area contributed by atoms with Crippen LogP contribution in [0.5, 0.6) is 0 Å². The first kappa shape index (κ1) is 12.8. The van der Waals surface area contributed by atoms with Crippen LogP contribution in [0.25, 0.3) is 0 Å². The third-order valence-electron chi connectivity index (χ3n) is 2.73. The molecule has 0 aliphatic carbocycles. The van der Waals surface area contributed by atoms with E-state index in [9.17, 15) is 4.39 Å². The van der Waals surface area contributed by atoms with Gasteiger partial charge in [0.05, 0.1) is 5.88 Å². The summed E-state index contributed by atoms with van der Waals surface area (Å²) in [7, 11) is 0. The second-order valence-electron chi connectivity index (χ2n) is 3.82. The molecule has 0 bridgehead atoms. The van der Waals surface area contributed by atoms with Crippen LogP contribution in [0.4, 0.5) is 15.9 Å². The van der Waals surface area contributed by atoms with E-state index < -0.39 is 0 Å². The predicted octanol–water partition coefficient (Wildman–Crippen LogP) is 4.12. The van der Waals surface area contributed by atoms with Crippen molar-refractivity contribution >= 4 is 23.1 Å². The molecular formula is C14H14ClFN2. The molecule has 0 aliphatic rings. The van der Waals surface area contributed by atoms with Crippen molar-refractivity contribution in [3.05, 3.63) is 54.0 Å². The lowest BCUT2D eigenvalue weighted by atomic mass is 10.2. The Hall–Kier alpha value is -1.61. The Labute approximate surface area is 111 Å². The SMILES string of the molecule is CCN(c1ccccc1)c1nccc(CCl)c1F. The van der Waals surface area contributed by atoms with E-state index in [-0.39, 0.29) is 11.7 Å². The van der Waals surface area contributed by atoms with Crippen LogP contribution in [0.2, 0.25) is 0 Å². The minimum Gasteiger partial charge on any atom is -0.324 e. The predicted molar refractivity (Wildman–Crippen MR) is 72.9 cm³/mol. The molecule has 0 radical (unpaired) electrons. The molecule has 1 heterocycles. The Kier molecular flexibility index (Phi) is 4.15. The fraction of sp³-hybridized carbons (Fsp3) is 0.214. The van der Waals surface area contributed by atoms with Gasteiger partial charge in [-0.15, -0.1) is 11.6 Å². The average Bonchev–Trinajstić information content (AvgIpc) is 2.43. The molecule has 18 heavy (non-hydrogen) atoms. The van der Waals surface area contributed by atoms with Crippen LogP contribution in [0.3, 0.4) is 0 Å². The van der Waals surface area contributed by atoms with Gasteiger partial charge in [-0.2, -0.15) is 0 Å². The van der Waals surface area contributed by atoms with Crippen molar-refractivity contribution in [3.8, 4) is 0 Å². The number of alkyl halides is 1. The van der Waals surface area contributed by atoms with E-state index in [0.29, 0.717) is 17.9 Å². The first-order valence-electron chi connectivity index (χ1n) is 5.79. The number of pyridine rings is 1. The molecule has 0 atom stereocenters. The zero-order valence-electron chi connectivity index (χ0n) is 10.1. The fourth-order valence-electron chi connectivity index (χ4n) is 1.83. The van der Waals surface area contributed by atoms with Gasteiger partial charge in [-0.3, -0.25) is 0 Å². The number of nitrogens with zero attached hydrogens (tertiary/aromatic N) is 2. The quantitative estimate of drug-likeness (QED) is 0.773. The lowest BCUT2D eigenvalue weighted by molar-refractivity contribution is 0.608. The van der Waals surface area contributed by atoms with E-state index >= 15 is 0 Å². The van der Waals surface area contributed by atoms with Crippen LogP contribution < -0.4 is 4.90 Å². The molecule has 0 saturated carbocycles. The summed E-state index contributed by atoms with van der Waals surface area (Å²) in [5, 5.41) is 0. The van der Waals surface area contributed by atoms with Gasteiger partial charge < -0.3 is 4.90 Å². The standard InChI is InChI=1S/C14H14ClFN2/c1-2-18(12-6-4-3-5-7-12)14-13(16)11(10-15)8-9-17-14/h3-9H,2,10H2,1H3. The summed E-state index contributed by atoms with van der Waals surface area (Å²) < 4.78 is 14.2. The first-order valence-corrected chi connectivity index (χ1v) is 6.33. The number of hydrogen-bond donors (Lipinski definition) is 0. The van der Waals surface area contributed by atoms with Gasteiger partial charge in [0.1, 0.15) is 0 Å². The van der Waals surface area contributed by atoms with Crippen LogP contribution in [0, 0.1) is 5.82 Å². The zero-order valence-corrected chi connectivity index (χ0v) is 10.9. The number of hydrogen-bond acceptors (Lipinski definition) is 2. The lowest BCUT2D eigenvalue weighted by Gasteiger charge is -2.23. The Morgan fingerprint density at radius 3 is 2.56 bits per heavy atom. The molecule has 94 valence electrons. The van der Waals surface area contributed by atoms with Crippen LogP contribution in [0.1, 0.15) is 12.5 Å². The average molecular weight is 265 g/mol. The maximum Gasteiger partial charge on any atom is 0.170 e. The topological polar surface area (TPSA) is 16.1 Å². The number of benzene rings is 1. The van der Waals surface area contributed by atoms with Crippen LogP contribution in [-0.2, 0) is 5.88 Å². The molecule has 2 rings (SSSR count). The van der Waals surface area contributed by atoms with Gasteiger partial charge in [-0.25, -0.2) is 9.37 Å². The monoisotopic (exact) mass is 264 g/mol. The number of rotatable bonds is 4. The summed E-state index contributed by atoms with van der Waals surface area (Å²) >= 11 is 5.71. The Balaban J connectivity index is 2.46. The fourth-order valence-corrected chi connectivity index (χ4v) is 2.03. The van der Waals surface area contributed by atoms with Crippen molar-refractivity contribution in [2.45, 2.75) is 12.8 Å². The minimum atomic E-state index is -0.349. The molecule has 0 saturated heterocycles. The van der Waals surface area contributed by atoms with Crippen molar-refractivity contribution in [1.29, 1.82) is 0 Å². The highest BCUT2D eigenvalue weighted by Crippen LogP contribution is 2.27. The normalized spacial score (nSPS) is 10.4. The van der Waals surface area contributed by atoms with Gasteiger partial charge in [0, 0.05) is 24.0 Å². The third-order valence-corrected chi connectivity index (χ3v) is 3.02. The van der Waals surface area contributed by atoms with E-state index in [1.807, 2.05) is 42.2 Å². The second kappa shape index (κ2) is 5.83. The summed E-state index contributed by atoms with van der Waals surface area (Å²) in [6, 6.07) is 11.2. The van der Waals surface area contributed by atoms with Crippen molar-refractivity contribution < 1.29 is 4.39 Å². The molecule has 2 aromatic rings. The molecular weight excluding hydrogens is 251 g/mol.